The van der Waals surface area contributed by atoms with Crippen LogP contribution >= 0.6 is 11.6 Å². The van der Waals surface area contributed by atoms with Crippen LogP contribution in [0, 0.1) is 0 Å². The number of rotatable bonds is 7. The summed E-state index contributed by atoms with van der Waals surface area (Å²) < 4.78 is 28.2. The fourth-order valence-corrected chi connectivity index (χ4v) is 4.84. The van der Waals surface area contributed by atoms with Crippen molar-refractivity contribution >= 4 is 39.3 Å². The Kier molecular flexibility index (Phi) is 7.19. The molecule has 2 heterocycles. The quantitative estimate of drug-likeness (QED) is 0.550. The lowest BCUT2D eigenvalue weighted by molar-refractivity contribution is -0.117. The summed E-state index contributed by atoms with van der Waals surface area (Å²) in [7, 11) is -3.52. The number of anilines is 1. The Morgan fingerprint density at radius 2 is 1.85 bits per heavy atom. The SMILES string of the molecule is O=C(CN1CCN(S(=O)(=O)C=Cc2ccccc2)CC1)Nc1cc(Cl)ccc1-n1cncn1. The van der Waals surface area contributed by atoms with Gasteiger partial charge in [0.25, 0.3) is 0 Å². The van der Waals surface area contributed by atoms with Crippen molar-refractivity contribution in [3.8, 4) is 5.69 Å². The molecule has 3 aromatic rings. The van der Waals surface area contributed by atoms with E-state index in [2.05, 4.69) is 15.4 Å². The minimum Gasteiger partial charge on any atom is -0.323 e. The van der Waals surface area contributed by atoms with Crippen LogP contribution in [0.3, 0.4) is 0 Å². The van der Waals surface area contributed by atoms with E-state index in [-0.39, 0.29) is 12.5 Å². The van der Waals surface area contributed by atoms with Crippen LogP contribution in [-0.2, 0) is 14.8 Å². The number of hydrogen-bond acceptors (Lipinski definition) is 6. The Hall–Kier alpha value is -3.05. The minimum absolute atomic E-state index is 0.136. The third-order valence-corrected chi connectivity index (χ3v) is 6.99. The molecule has 1 saturated heterocycles. The predicted octanol–water partition coefficient (Wildman–Crippen LogP) is 2.48. The highest BCUT2D eigenvalue weighted by Crippen LogP contribution is 2.24. The molecular formula is C22H23ClN6O3S. The Bertz CT molecular complexity index is 1220. The molecule has 4 rings (SSSR count). The van der Waals surface area contributed by atoms with Crippen LogP contribution in [0.1, 0.15) is 5.56 Å². The normalized spacial score (nSPS) is 15.7. The maximum atomic E-state index is 12.7. The van der Waals surface area contributed by atoms with Crippen molar-refractivity contribution in [2.75, 3.05) is 38.0 Å². The number of sulfonamides is 1. The third kappa shape index (κ3) is 6.05. The van der Waals surface area contributed by atoms with E-state index in [0.29, 0.717) is 42.6 Å². The highest BCUT2D eigenvalue weighted by atomic mass is 35.5. The zero-order chi connectivity index (χ0) is 23.3. The Balaban J connectivity index is 1.33. The second kappa shape index (κ2) is 10.3. The van der Waals surface area contributed by atoms with E-state index < -0.39 is 10.0 Å². The molecule has 0 saturated carbocycles. The van der Waals surface area contributed by atoms with Crippen molar-refractivity contribution in [2.45, 2.75) is 0 Å². The van der Waals surface area contributed by atoms with Crippen molar-refractivity contribution in [1.82, 2.24) is 24.0 Å². The van der Waals surface area contributed by atoms with Crippen molar-refractivity contribution < 1.29 is 13.2 Å². The zero-order valence-electron chi connectivity index (χ0n) is 17.7. The van der Waals surface area contributed by atoms with E-state index in [1.54, 1.807) is 29.0 Å². The van der Waals surface area contributed by atoms with Gasteiger partial charge in [-0.2, -0.15) is 9.40 Å². The molecule has 0 bridgehead atoms. The van der Waals surface area contributed by atoms with Crippen LogP contribution in [0.5, 0.6) is 0 Å². The third-order valence-electron chi connectivity index (χ3n) is 5.19. The molecule has 0 radical (unpaired) electrons. The number of nitrogens with zero attached hydrogens (tertiary/aromatic N) is 5. The summed E-state index contributed by atoms with van der Waals surface area (Å²) in [5.41, 5.74) is 1.99. The average molecular weight is 487 g/mol. The van der Waals surface area contributed by atoms with Crippen LogP contribution in [0.25, 0.3) is 11.8 Å². The fraction of sp³-hybridized carbons (Fsp3) is 0.227. The molecule has 0 unspecified atom stereocenters. The number of hydrogen-bond donors (Lipinski definition) is 1. The number of aromatic nitrogens is 3. The monoisotopic (exact) mass is 486 g/mol. The molecule has 1 aromatic heterocycles. The van der Waals surface area contributed by atoms with E-state index in [1.807, 2.05) is 35.2 Å². The second-order valence-electron chi connectivity index (χ2n) is 7.48. The van der Waals surface area contributed by atoms with Crippen molar-refractivity contribution in [3.63, 3.8) is 0 Å². The van der Waals surface area contributed by atoms with Gasteiger partial charge in [0, 0.05) is 36.6 Å². The lowest BCUT2D eigenvalue weighted by Crippen LogP contribution is -2.49. The molecule has 33 heavy (non-hydrogen) atoms. The number of benzene rings is 2. The van der Waals surface area contributed by atoms with Crippen molar-refractivity contribution in [2.24, 2.45) is 0 Å². The van der Waals surface area contributed by atoms with E-state index in [9.17, 15) is 13.2 Å². The van der Waals surface area contributed by atoms with Gasteiger partial charge in [-0.1, -0.05) is 41.9 Å². The number of piperazine rings is 1. The molecule has 1 fully saturated rings. The Morgan fingerprint density at radius 3 is 2.55 bits per heavy atom. The van der Waals surface area contributed by atoms with E-state index in [1.165, 1.54) is 22.4 Å². The molecule has 0 aliphatic carbocycles. The lowest BCUT2D eigenvalue weighted by Gasteiger charge is -2.32. The predicted molar refractivity (Wildman–Crippen MR) is 127 cm³/mol. The van der Waals surface area contributed by atoms with Crippen LogP contribution in [-0.4, -0.2) is 71.0 Å². The highest BCUT2D eigenvalue weighted by Gasteiger charge is 2.26. The van der Waals surface area contributed by atoms with Gasteiger partial charge in [0.2, 0.25) is 15.9 Å². The minimum atomic E-state index is -3.52. The fourth-order valence-electron chi connectivity index (χ4n) is 3.49. The number of amides is 1. The maximum absolute atomic E-state index is 12.7. The largest absolute Gasteiger partial charge is 0.323 e. The van der Waals surface area contributed by atoms with E-state index in [4.69, 9.17) is 11.6 Å². The van der Waals surface area contributed by atoms with Gasteiger partial charge in [-0.3, -0.25) is 9.69 Å². The highest BCUT2D eigenvalue weighted by molar-refractivity contribution is 7.92. The van der Waals surface area contributed by atoms with Gasteiger partial charge >= 0.3 is 0 Å². The van der Waals surface area contributed by atoms with Gasteiger partial charge in [-0.05, 0) is 29.8 Å². The van der Waals surface area contributed by atoms with Crippen molar-refractivity contribution in [3.05, 3.63) is 77.2 Å². The topological polar surface area (TPSA) is 100 Å². The van der Waals surface area contributed by atoms with E-state index >= 15 is 0 Å². The van der Waals surface area contributed by atoms with Gasteiger partial charge in [0.1, 0.15) is 12.7 Å². The second-order valence-corrected chi connectivity index (χ2v) is 9.74. The number of carbonyl (C=O) groups excluding carboxylic acids is 1. The van der Waals surface area contributed by atoms with Crippen LogP contribution in [0.2, 0.25) is 5.02 Å². The van der Waals surface area contributed by atoms with Crippen LogP contribution in [0.4, 0.5) is 5.69 Å². The summed E-state index contributed by atoms with van der Waals surface area (Å²) in [5.74, 6) is -0.223. The molecule has 9 nitrogen and oxygen atoms in total. The van der Waals surface area contributed by atoms with Crippen LogP contribution < -0.4 is 5.32 Å². The molecule has 1 aliphatic heterocycles. The summed E-state index contributed by atoms with van der Waals surface area (Å²) in [6.45, 7) is 1.68. The first-order valence-electron chi connectivity index (χ1n) is 10.3. The van der Waals surface area contributed by atoms with Gasteiger partial charge in [-0.25, -0.2) is 18.1 Å². The Labute approximate surface area is 197 Å². The average Bonchev–Trinajstić information content (AvgIpc) is 3.34. The van der Waals surface area contributed by atoms with Gasteiger partial charge < -0.3 is 5.32 Å². The molecule has 0 atom stereocenters. The molecule has 2 aromatic carbocycles. The molecule has 172 valence electrons. The molecule has 1 N–H and O–H groups in total. The van der Waals surface area contributed by atoms with Crippen molar-refractivity contribution in [1.29, 1.82) is 0 Å². The lowest BCUT2D eigenvalue weighted by atomic mass is 10.2. The number of carbonyl (C=O) groups is 1. The molecule has 1 aliphatic rings. The molecule has 11 heteroatoms. The first-order valence-corrected chi connectivity index (χ1v) is 12.2. The summed E-state index contributed by atoms with van der Waals surface area (Å²) >= 11 is 6.10. The molecule has 1 amide bonds. The Morgan fingerprint density at radius 1 is 1.09 bits per heavy atom. The number of halogens is 1. The molecule has 0 spiro atoms. The maximum Gasteiger partial charge on any atom is 0.238 e. The smallest absolute Gasteiger partial charge is 0.238 e. The summed E-state index contributed by atoms with van der Waals surface area (Å²) in [6, 6.07) is 14.4. The number of nitrogens with one attached hydrogen (secondary N) is 1. The summed E-state index contributed by atoms with van der Waals surface area (Å²) in [6.07, 6.45) is 4.53. The van der Waals surface area contributed by atoms with E-state index in [0.717, 1.165) is 5.56 Å². The van der Waals surface area contributed by atoms with Crippen LogP contribution in [0.15, 0.2) is 66.6 Å². The standard InChI is InChI=1S/C22H23ClN6O3S/c23-19-6-7-21(29-17-24-16-25-29)20(14-19)26-22(30)15-27-9-11-28(12-10-27)33(31,32)13-8-18-4-2-1-3-5-18/h1-8,13-14,16-17H,9-12,15H2,(H,26,30). The summed E-state index contributed by atoms with van der Waals surface area (Å²) in [5, 5.41) is 8.68. The molecular weight excluding hydrogens is 464 g/mol. The van der Waals surface area contributed by atoms with Gasteiger partial charge in [0.05, 0.1) is 17.9 Å². The first-order chi connectivity index (χ1) is 15.9. The van der Waals surface area contributed by atoms with Gasteiger partial charge in [0.15, 0.2) is 0 Å². The summed E-state index contributed by atoms with van der Waals surface area (Å²) in [4.78, 5) is 18.5. The van der Waals surface area contributed by atoms with Gasteiger partial charge in [-0.15, -0.1) is 0 Å². The first kappa shape index (κ1) is 23.1. The zero-order valence-corrected chi connectivity index (χ0v) is 19.3.